The summed E-state index contributed by atoms with van der Waals surface area (Å²) in [6, 6.07) is 3.95. The van der Waals surface area contributed by atoms with Gasteiger partial charge in [0.05, 0.1) is 17.4 Å². The number of aromatic nitrogens is 3. The van der Waals surface area contributed by atoms with Crippen molar-refractivity contribution in [3.05, 3.63) is 47.0 Å². The van der Waals surface area contributed by atoms with Crippen LogP contribution in [0.2, 0.25) is 0 Å². The number of aryl methyl sites for hydroxylation is 1. The average Bonchev–Trinajstić information content (AvgIpc) is 3.30. The molecule has 27 heavy (non-hydrogen) atoms. The van der Waals surface area contributed by atoms with Gasteiger partial charge < -0.3 is 14.8 Å². The van der Waals surface area contributed by atoms with Gasteiger partial charge in [-0.25, -0.2) is 9.97 Å². The highest BCUT2D eigenvalue weighted by Crippen LogP contribution is 2.39. The van der Waals surface area contributed by atoms with E-state index in [1.807, 2.05) is 24.1 Å². The van der Waals surface area contributed by atoms with Gasteiger partial charge in [0.15, 0.2) is 0 Å². The first-order chi connectivity index (χ1) is 13.1. The van der Waals surface area contributed by atoms with Gasteiger partial charge >= 0.3 is 0 Å². The molecule has 140 valence electrons. The third kappa shape index (κ3) is 3.10. The minimum absolute atomic E-state index is 0.0109. The van der Waals surface area contributed by atoms with Crippen LogP contribution in [0.5, 0.6) is 0 Å². The van der Waals surface area contributed by atoms with Gasteiger partial charge in [-0.1, -0.05) is 6.07 Å². The standard InChI is InChI=1S/C19H21N5O2S/c1-20-17(25)16-15(13-4-3-7-22-18(13)27-16)12-5-8-24(9-6-12)19(26)14-10-21-11-23(14)2/h3-4,7,10-12H,5-6,8-9H2,1-2H3,(H,20,25). The van der Waals surface area contributed by atoms with Crippen molar-refractivity contribution in [1.82, 2.24) is 24.8 Å². The van der Waals surface area contributed by atoms with E-state index in [0.29, 0.717) is 18.8 Å². The van der Waals surface area contributed by atoms with Crippen LogP contribution in [-0.4, -0.2) is 51.4 Å². The lowest BCUT2D eigenvalue weighted by Crippen LogP contribution is -2.38. The number of carbonyl (C=O) groups is 2. The second-order valence-electron chi connectivity index (χ2n) is 6.74. The molecule has 1 N–H and O–H groups in total. The molecule has 1 saturated heterocycles. The number of hydrogen-bond acceptors (Lipinski definition) is 5. The van der Waals surface area contributed by atoms with Gasteiger partial charge in [0, 0.05) is 38.8 Å². The molecule has 4 rings (SSSR count). The monoisotopic (exact) mass is 383 g/mol. The van der Waals surface area contributed by atoms with Crippen LogP contribution in [0.15, 0.2) is 30.9 Å². The zero-order valence-corrected chi connectivity index (χ0v) is 16.1. The molecule has 0 bridgehead atoms. The molecule has 0 atom stereocenters. The van der Waals surface area contributed by atoms with Gasteiger partial charge in [0.1, 0.15) is 10.5 Å². The Morgan fingerprint density at radius 1 is 1.30 bits per heavy atom. The highest BCUT2D eigenvalue weighted by Gasteiger charge is 2.30. The lowest BCUT2D eigenvalue weighted by Gasteiger charge is -2.32. The maximum Gasteiger partial charge on any atom is 0.272 e. The second-order valence-corrected chi connectivity index (χ2v) is 7.74. The van der Waals surface area contributed by atoms with Gasteiger partial charge in [0.2, 0.25) is 0 Å². The number of amides is 2. The maximum atomic E-state index is 12.7. The Bertz CT molecular complexity index is 1000. The molecule has 0 aromatic carbocycles. The van der Waals surface area contributed by atoms with Gasteiger partial charge in [-0.2, -0.15) is 0 Å². The minimum atomic E-state index is -0.0682. The van der Waals surface area contributed by atoms with Crippen molar-refractivity contribution < 1.29 is 9.59 Å². The first kappa shape index (κ1) is 17.7. The van der Waals surface area contributed by atoms with Crippen LogP contribution in [0.4, 0.5) is 0 Å². The maximum absolute atomic E-state index is 12.7. The third-order valence-corrected chi connectivity index (χ3v) is 6.29. The number of carbonyl (C=O) groups excluding carboxylic acids is 2. The van der Waals surface area contributed by atoms with Crippen molar-refractivity contribution in [2.75, 3.05) is 20.1 Å². The van der Waals surface area contributed by atoms with Crippen molar-refractivity contribution in [2.24, 2.45) is 7.05 Å². The fourth-order valence-corrected chi connectivity index (χ4v) is 4.91. The van der Waals surface area contributed by atoms with E-state index < -0.39 is 0 Å². The summed E-state index contributed by atoms with van der Waals surface area (Å²) in [5.41, 5.74) is 1.68. The summed E-state index contributed by atoms with van der Waals surface area (Å²) in [5, 5.41) is 3.80. The fourth-order valence-electron chi connectivity index (χ4n) is 3.74. The van der Waals surface area contributed by atoms with Crippen LogP contribution in [-0.2, 0) is 7.05 Å². The number of nitrogens with zero attached hydrogens (tertiary/aromatic N) is 4. The highest BCUT2D eigenvalue weighted by atomic mass is 32.1. The van der Waals surface area contributed by atoms with Crippen LogP contribution in [0.3, 0.4) is 0 Å². The third-order valence-electron chi connectivity index (χ3n) is 5.16. The number of thiophene rings is 1. The number of imidazole rings is 1. The minimum Gasteiger partial charge on any atom is -0.354 e. The molecule has 0 radical (unpaired) electrons. The first-order valence-corrected chi connectivity index (χ1v) is 9.77. The lowest BCUT2D eigenvalue weighted by molar-refractivity contribution is 0.0702. The van der Waals surface area contributed by atoms with Gasteiger partial charge in [-0.05, 0) is 30.4 Å². The molecule has 0 spiro atoms. The summed E-state index contributed by atoms with van der Waals surface area (Å²) in [5.74, 6) is 0.184. The van der Waals surface area contributed by atoms with Gasteiger partial charge in [-0.3, -0.25) is 9.59 Å². The molecule has 0 aliphatic carbocycles. The number of rotatable bonds is 3. The van der Waals surface area contributed by atoms with Crippen molar-refractivity contribution in [3.8, 4) is 0 Å². The Balaban J connectivity index is 1.59. The number of nitrogens with one attached hydrogen (secondary N) is 1. The number of piperidine rings is 1. The zero-order chi connectivity index (χ0) is 19.0. The molecule has 1 aliphatic heterocycles. The van der Waals surface area contributed by atoms with Crippen molar-refractivity contribution in [1.29, 1.82) is 0 Å². The summed E-state index contributed by atoms with van der Waals surface area (Å²) in [6.07, 6.45) is 6.66. The van der Waals surface area contributed by atoms with Crippen LogP contribution in [0, 0.1) is 0 Å². The number of pyridine rings is 1. The number of hydrogen-bond donors (Lipinski definition) is 1. The Kier molecular flexibility index (Phi) is 4.65. The summed E-state index contributed by atoms with van der Waals surface area (Å²) >= 11 is 1.44. The van der Waals surface area contributed by atoms with E-state index in [4.69, 9.17) is 0 Å². The summed E-state index contributed by atoms with van der Waals surface area (Å²) in [4.78, 5) is 37.1. The smallest absolute Gasteiger partial charge is 0.272 e. The van der Waals surface area contributed by atoms with E-state index in [1.54, 1.807) is 30.3 Å². The molecule has 8 heteroatoms. The predicted molar refractivity (Wildman–Crippen MR) is 104 cm³/mol. The molecule has 2 amide bonds. The molecule has 3 aromatic heterocycles. The largest absolute Gasteiger partial charge is 0.354 e. The second kappa shape index (κ2) is 7.11. The Hall–Kier alpha value is -2.74. The molecule has 0 saturated carbocycles. The summed E-state index contributed by atoms with van der Waals surface area (Å²) in [7, 11) is 3.48. The van der Waals surface area contributed by atoms with E-state index in [2.05, 4.69) is 15.3 Å². The quantitative estimate of drug-likeness (QED) is 0.753. The fraction of sp³-hybridized carbons (Fsp3) is 0.368. The van der Waals surface area contributed by atoms with E-state index >= 15 is 0 Å². The first-order valence-electron chi connectivity index (χ1n) is 8.95. The van der Waals surface area contributed by atoms with E-state index in [-0.39, 0.29) is 17.7 Å². The van der Waals surface area contributed by atoms with Crippen LogP contribution >= 0.6 is 11.3 Å². The van der Waals surface area contributed by atoms with E-state index in [9.17, 15) is 9.59 Å². The van der Waals surface area contributed by atoms with E-state index in [0.717, 1.165) is 33.5 Å². The molecule has 4 heterocycles. The molecular weight excluding hydrogens is 362 g/mol. The molecule has 1 aliphatic rings. The van der Waals surface area contributed by atoms with Crippen LogP contribution in [0.25, 0.3) is 10.2 Å². The Morgan fingerprint density at radius 2 is 2.07 bits per heavy atom. The van der Waals surface area contributed by atoms with Gasteiger partial charge in [-0.15, -0.1) is 11.3 Å². The Morgan fingerprint density at radius 3 is 2.74 bits per heavy atom. The highest BCUT2D eigenvalue weighted by molar-refractivity contribution is 7.20. The van der Waals surface area contributed by atoms with Crippen LogP contribution < -0.4 is 5.32 Å². The molecule has 0 unspecified atom stereocenters. The van der Waals surface area contributed by atoms with Crippen LogP contribution in [0.1, 0.15) is 44.5 Å². The van der Waals surface area contributed by atoms with E-state index in [1.165, 1.54) is 11.3 Å². The lowest BCUT2D eigenvalue weighted by atomic mass is 9.87. The van der Waals surface area contributed by atoms with Crippen molar-refractivity contribution in [2.45, 2.75) is 18.8 Å². The van der Waals surface area contributed by atoms with Crippen molar-refractivity contribution >= 4 is 33.4 Å². The molecule has 3 aromatic rings. The predicted octanol–water partition coefficient (Wildman–Crippen LogP) is 2.41. The topological polar surface area (TPSA) is 80.1 Å². The zero-order valence-electron chi connectivity index (χ0n) is 15.3. The van der Waals surface area contributed by atoms with Crippen molar-refractivity contribution in [3.63, 3.8) is 0 Å². The molecular formula is C19H21N5O2S. The normalized spacial score (nSPS) is 15.3. The summed E-state index contributed by atoms with van der Waals surface area (Å²) < 4.78 is 1.75. The Labute approximate surface area is 161 Å². The number of fused-ring (bicyclic) bond motifs is 1. The molecule has 7 nitrogen and oxygen atoms in total. The summed E-state index contributed by atoms with van der Waals surface area (Å²) in [6.45, 7) is 1.33. The number of likely N-dealkylation sites (tertiary alicyclic amines) is 1. The van der Waals surface area contributed by atoms with Gasteiger partial charge in [0.25, 0.3) is 11.8 Å². The SMILES string of the molecule is CNC(=O)c1sc2ncccc2c1C1CCN(C(=O)c2cncn2C)CC1. The average molecular weight is 383 g/mol. The molecule has 1 fully saturated rings.